The van der Waals surface area contributed by atoms with E-state index in [1.165, 1.54) is 11.3 Å². The van der Waals surface area contributed by atoms with E-state index in [0.29, 0.717) is 19.0 Å². The molecule has 0 aromatic rings. The Hall–Kier alpha value is -0.550. The first-order chi connectivity index (χ1) is 8.65. The zero-order valence-corrected chi connectivity index (χ0v) is 12.0. The number of nitrogens with zero attached hydrogens (tertiary/aromatic N) is 1. The van der Waals surface area contributed by atoms with Crippen molar-refractivity contribution >= 4 is 23.6 Å². The van der Waals surface area contributed by atoms with Gasteiger partial charge in [-0.15, -0.1) is 0 Å². The minimum atomic E-state index is -0.271. The number of likely N-dealkylation sites (tertiary alicyclic amines) is 1. The number of carbonyl (C=O) groups is 2. The molecule has 5 heteroatoms. The Kier molecular flexibility index (Phi) is 4.67. The van der Waals surface area contributed by atoms with Crippen LogP contribution in [0.5, 0.6) is 0 Å². The Balaban J connectivity index is 1.84. The maximum Gasteiger partial charge on any atom is 0.246 e. The fraction of sp³-hybridized carbons (Fsp3) is 0.846. The number of nitrogens with one attached hydrogen (secondary N) is 1. The molecule has 1 aliphatic carbocycles. The van der Waals surface area contributed by atoms with Gasteiger partial charge in [0.05, 0.1) is 12.5 Å². The number of likely N-dealkylation sites (N-methyl/N-ethyl adjacent to an activating group) is 1. The van der Waals surface area contributed by atoms with E-state index >= 15 is 0 Å². The van der Waals surface area contributed by atoms with Gasteiger partial charge in [-0.2, -0.15) is 11.8 Å². The molecule has 1 heterocycles. The predicted molar refractivity (Wildman–Crippen MR) is 73.5 cm³/mol. The van der Waals surface area contributed by atoms with Crippen molar-refractivity contribution in [3.8, 4) is 0 Å². The van der Waals surface area contributed by atoms with E-state index in [1.807, 2.05) is 18.7 Å². The second-order valence-electron chi connectivity index (χ2n) is 4.99. The van der Waals surface area contributed by atoms with Crippen molar-refractivity contribution in [2.45, 2.75) is 56.9 Å². The highest BCUT2D eigenvalue weighted by Crippen LogP contribution is 2.30. The standard InChI is InChI=1S/C13H22N2O2S/c1-3-15-12(16)8-11(13(15)17)14-9-5-6-10(7-9)18-4-2/h9-11,14H,3-8H2,1-2H3. The molecule has 0 aromatic heterocycles. The number of amides is 2. The lowest BCUT2D eigenvalue weighted by molar-refractivity contribution is -0.138. The highest BCUT2D eigenvalue weighted by molar-refractivity contribution is 7.99. The van der Waals surface area contributed by atoms with Crippen molar-refractivity contribution in [2.75, 3.05) is 12.3 Å². The average Bonchev–Trinajstić information content (AvgIpc) is 2.87. The highest BCUT2D eigenvalue weighted by atomic mass is 32.2. The number of rotatable bonds is 5. The zero-order valence-electron chi connectivity index (χ0n) is 11.1. The largest absolute Gasteiger partial charge is 0.303 e. The van der Waals surface area contributed by atoms with Crippen LogP contribution in [0.15, 0.2) is 0 Å². The van der Waals surface area contributed by atoms with Gasteiger partial charge in [-0.05, 0) is 31.9 Å². The van der Waals surface area contributed by atoms with E-state index in [4.69, 9.17) is 0 Å². The Morgan fingerprint density at radius 1 is 1.33 bits per heavy atom. The van der Waals surface area contributed by atoms with Gasteiger partial charge in [0.25, 0.3) is 0 Å². The first-order valence-corrected chi connectivity index (χ1v) is 7.92. The van der Waals surface area contributed by atoms with Gasteiger partial charge in [0.15, 0.2) is 0 Å². The fourth-order valence-corrected chi connectivity index (χ4v) is 4.05. The first kappa shape index (κ1) is 13.9. The molecule has 0 bridgehead atoms. The molecule has 1 aliphatic heterocycles. The van der Waals surface area contributed by atoms with Crippen molar-refractivity contribution in [3.05, 3.63) is 0 Å². The molecule has 2 rings (SSSR count). The molecule has 3 unspecified atom stereocenters. The summed E-state index contributed by atoms with van der Waals surface area (Å²) in [6, 6.07) is 0.139. The van der Waals surface area contributed by atoms with Crippen LogP contribution < -0.4 is 5.32 Å². The molecule has 102 valence electrons. The van der Waals surface area contributed by atoms with Crippen molar-refractivity contribution in [3.63, 3.8) is 0 Å². The molecular formula is C13H22N2O2S. The van der Waals surface area contributed by atoms with Crippen LogP contribution in [0.25, 0.3) is 0 Å². The maximum absolute atomic E-state index is 12.0. The molecule has 18 heavy (non-hydrogen) atoms. The van der Waals surface area contributed by atoms with Crippen LogP contribution >= 0.6 is 11.8 Å². The molecule has 3 atom stereocenters. The summed E-state index contributed by atoms with van der Waals surface area (Å²) in [5, 5.41) is 4.11. The van der Waals surface area contributed by atoms with E-state index in [-0.39, 0.29) is 17.9 Å². The van der Waals surface area contributed by atoms with Crippen LogP contribution in [-0.2, 0) is 9.59 Å². The average molecular weight is 270 g/mol. The second-order valence-corrected chi connectivity index (χ2v) is 6.56. The third-order valence-electron chi connectivity index (χ3n) is 3.78. The molecule has 1 saturated carbocycles. The van der Waals surface area contributed by atoms with Gasteiger partial charge >= 0.3 is 0 Å². The van der Waals surface area contributed by atoms with Gasteiger partial charge in [-0.1, -0.05) is 6.92 Å². The van der Waals surface area contributed by atoms with E-state index in [2.05, 4.69) is 12.2 Å². The SMILES string of the molecule is CCSC1CCC(NC2CC(=O)N(CC)C2=O)C1. The number of hydrogen-bond donors (Lipinski definition) is 1. The predicted octanol–water partition coefficient (Wildman–Crippen LogP) is 1.40. The molecule has 0 aromatic carbocycles. The molecule has 4 nitrogen and oxygen atoms in total. The molecule has 2 fully saturated rings. The Morgan fingerprint density at radius 2 is 2.11 bits per heavy atom. The molecule has 1 saturated heterocycles. The third kappa shape index (κ3) is 2.88. The van der Waals surface area contributed by atoms with Crippen molar-refractivity contribution in [1.82, 2.24) is 10.2 Å². The van der Waals surface area contributed by atoms with Crippen LogP contribution in [-0.4, -0.2) is 46.3 Å². The van der Waals surface area contributed by atoms with Crippen molar-refractivity contribution in [1.29, 1.82) is 0 Å². The van der Waals surface area contributed by atoms with Gasteiger partial charge in [-0.3, -0.25) is 14.5 Å². The third-order valence-corrected chi connectivity index (χ3v) is 5.02. The van der Waals surface area contributed by atoms with Gasteiger partial charge in [-0.25, -0.2) is 0 Å². The minimum absolute atomic E-state index is 0.0301. The summed E-state index contributed by atoms with van der Waals surface area (Å²) in [7, 11) is 0. The van der Waals surface area contributed by atoms with Gasteiger partial charge < -0.3 is 5.32 Å². The van der Waals surface area contributed by atoms with E-state index in [1.54, 1.807) is 0 Å². The molecule has 0 radical (unpaired) electrons. The molecule has 1 N–H and O–H groups in total. The molecule has 2 amide bonds. The maximum atomic E-state index is 12.0. The monoisotopic (exact) mass is 270 g/mol. The fourth-order valence-electron chi connectivity index (χ4n) is 2.91. The first-order valence-electron chi connectivity index (χ1n) is 6.87. The topological polar surface area (TPSA) is 49.4 Å². The van der Waals surface area contributed by atoms with Gasteiger partial charge in [0, 0.05) is 17.8 Å². The molecule has 0 spiro atoms. The summed E-state index contributed by atoms with van der Waals surface area (Å²) in [4.78, 5) is 25.0. The molecular weight excluding hydrogens is 248 g/mol. The van der Waals surface area contributed by atoms with Crippen LogP contribution in [0.2, 0.25) is 0 Å². The Morgan fingerprint density at radius 3 is 2.72 bits per heavy atom. The normalized spacial score (nSPS) is 32.6. The van der Waals surface area contributed by atoms with E-state index < -0.39 is 0 Å². The summed E-state index contributed by atoms with van der Waals surface area (Å²) in [5.41, 5.74) is 0. The minimum Gasteiger partial charge on any atom is -0.303 e. The zero-order chi connectivity index (χ0) is 13.1. The summed E-state index contributed by atoms with van der Waals surface area (Å²) < 4.78 is 0. The van der Waals surface area contributed by atoms with E-state index in [9.17, 15) is 9.59 Å². The highest BCUT2D eigenvalue weighted by Gasteiger charge is 2.39. The van der Waals surface area contributed by atoms with Crippen LogP contribution in [0.1, 0.15) is 39.5 Å². The molecule has 2 aliphatic rings. The number of thioether (sulfide) groups is 1. The van der Waals surface area contributed by atoms with Crippen LogP contribution in [0, 0.1) is 0 Å². The Labute approximate surface area is 113 Å². The van der Waals surface area contributed by atoms with Crippen LogP contribution in [0.4, 0.5) is 0 Å². The van der Waals surface area contributed by atoms with Crippen molar-refractivity contribution < 1.29 is 9.59 Å². The van der Waals surface area contributed by atoms with Gasteiger partial charge in [0.2, 0.25) is 11.8 Å². The summed E-state index contributed by atoms with van der Waals surface area (Å²) >= 11 is 2.00. The lowest BCUT2D eigenvalue weighted by atomic mass is 10.2. The quantitative estimate of drug-likeness (QED) is 0.767. The second kappa shape index (κ2) is 6.06. The number of imide groups is 1. The summed E-state index contributed by atoms with van der Waals surface area (Å²) in [6.07, 6.45) is 3.82. The number of carbonyl (C=O) groups excluding carboxylic acids is 2. The Bertz CT molecular complexity index is 335. The van der Waals surface area contributed by atoms with Crippen LogP contribution in [0.3, 0.4) is 0 Å². The van der Waals surface area contributed by atoms with E-state index in [0.717, 1.165) is 23.8 Å². The smallest absolute Gasteiger partial charge is 0.246 e. The van der Waals surface area contributed by atoms with Crippen molar-refractivity contribution in [2.24, 2.45) is 0 Å². The van der Waals surface area contributed by atoms with Gasteiger partial charge in [0.1, 0.15) is 0 Å². The lowest BCUT2D eigenvalue weighted by Crippen LogP contribution is -2.43. The summed E-state index contributed by atoms with van der Waals surface area (Å²) in [6.45, 7) is 4.53. The lowest BCUT2D eigenvalue weighted by Gasteiger charge is -2.18. The number of hydrogen-bond acceptors (Lipinski definition) is 4. The summed E-state index contributed by atoms with van der Waals surface area (Å²) in [5.74, 6) is 1.09.